The fourth-order valence-corrected chi connectivity index (χ4v) is 3.80. The van der Waals surface area contributed by atoms with E-state index in [0.717, 1.165) is 29.4 Å². The number of methoxy groups -OCH3 is 1. The fraction of sp³-hybridized carbons (Fsp3) is 0.360. The van der Waals surface area contributed by atoms with Crippen LogP contribution in [0.15, 0.2) is 42.5 Å². The monoisotopic (exact) mass is 419 g/mol. The Balaban J connectivity index is 1.70. The molecule has 2 amide bonds. The van der Waals surface area contributed by atoms with Crippen molar-refractivity contribution in [1.29, 1.82) is 0 Å². The van der Waals surface area contributed by atoms with Crippen molar-refractivity contribution in [2.75, 3.05) is 25.6 Å². The average molecular weight is 420 g/mol. The zero-order valence-electron chi connectivity index (χ0n) is 18.3. The third-order valence-electron chi connectivity index (χ3n) is 5.77. The highest BCUT2D eigenvalue weighted by Gasteiger charge is 2.29. The zero-order chi connectivity index (χ0) is 22.0. The van der Waals surface area contributed by atoms with Gasteiger partial charge in [0.1, 0.15) is 5.69 Å². The van der Waals surface area contributed by atoms with Crippen LogP contribution in [0.4, 0.5) is 5.69 Å². The first-order valence-electron chi connectivity index (χ1n) is 10.7. The van der Waals surface area contributed by atoms with Crippen LogP contribution in [0.3, 0.4) is 0 Å². The van der Waals surface area contributed by atoms with Crippen LogP contribution in [0.25, 0.3) is 10.9 Å². The molecule has 1 aliphatic carbocycles. The summed E-state index contributed by atoms with van der Waals surface area (Å²) < 4.78 is 7.10. The smallest absolute Gasteiger partial charge is 0.268 e. The molecule has 2 aromatic carbocycles. The zero-order valence-corrected chi connectivity index (χ0v) is 18.3. The van der Waals surface area contributed by atoms with Gasteiger partial charge in [-0.25, -0.2) is 0 Å². The molecule has 1 fully saturated rings. The van der Waals surface area contributed by atoms with Gasteiger partial charge in [-0.1, -0.05) is 23.8 Å². The van der Waals surface area contributed by atoms with Crippen molar-refractivity contribution >= 4 is 28.4 Å². The molecule has 162 valence electrons. The molecular weight excluding hydrogens is 390 g/mol. The SMILES string of the molecule is COCCNC(=O)c1cc2cc(NC(=O)C3CC3)ccc2n1Cc1cc(C)ccc1C. The number of aromatic nitrogens is 1. The summed E-state index contributed by atoms with van der Waals surface area (Å²) in [6.45, 7) is 5.66. The van der Waals surface area contributed by atoms with E-state index in [1.165, 1.54) is 16.7 Å². The van der Waals surface area contributed by atoms with E-state index in [1.807, 2.05) is 28.8 Å². The number of carbonyl (C=O) groups excluding carboxylic acids is 2. The number of rotatable bonds is 8. The van der Waals surface area contributed by atoms with Gasteiger partial charge in [0, 0.05) is 42.7 Å². The quantitative estimate of drug-likeness (QED) is 0.542. The van der Waals surface area contributed by atoms with Gasteiger partial charge in [-0.05, 0) is 62.1 Å². The molecule has 4 rings (SSSR count). The van der Waals surface area contributed by atoms with Gasteiger partial charge < -0.3 is 19.9 Å². The van der Waals surface area contributed by atoms with E-state index in [0.29, 0.717) is 25.4 Å². The number of hydrogen-bond donors (Lipinski definition) is 2. The summed E-state index contributed by atoms with van der Waals surface area (Å²) in [6, 6.07) is 14.1. The number of amides is 2. The van der Waals surface area contributed by atoms with Crippen molar-refractivity contribution in [1.82, 2.24) is 9.88 Å². The van der Waals surface area contributed by atoms with Crippen molar-refractivity contribution in [2.24, 2.45) is 5.92 Å². The Morgan fingerprint density at radius 2 is 1.90 bits per heavy atom. The number of ether oxygens (including phenoxy) is 1. The van der Waals surface area contributed by atoms with Gasteiger partial charge >= 0.3 is 0 Å². The Morgan fingerprint density at radius 3 is 2.65 bits per heavy atom. The number of aryl methyl sites for hydroxylation is 2. The van der Waals surface area contributed by atoms with E-state index in [1.54, 1.807) is 7.11 Å². The number of anilines is 1. The van der Waals surface area contributed by atoms with Gasteiger partial charge in [-0.15, -0.1) is 0 Å². The van der Waals surface area contributed by atoms with E-state index >= 15 is 0 Å². The van der Waals surface area contributed by atoms with Gasteiger partial charge in [0.15, 0.2) is 0 Å². The highest BCUT2D eigenvalue weighted by molar-refractivity contribution is 6.01. The van der Waals surface area contributed by atoms with Crippen LogP contribution in [0.1, 0.15) is 40.0 Å². The van der Waals surface area contributed by atoms with Crippen LogP contribution >= 0.6 is 0 Å². The number of fused-ring (bicyclic) bond motifs is 1. The number of carbonyl (C=O) groups is 2. The first-order valence-corrected chi connectivity index (χ1v) is 10.7. The van der Waals surface area contributed by atoms with Crippen molar-refractivity contribution in [3.8, 4) is 0 Å². The van der Waals surface area contributed by atoms with Gasteiger partial charge in [-0.2, -0.15) is 0 Å². The van der Waals surface area contributed by atoms with Gasteiger partial charge in [0.2, 0.25) is 5.91 Å². The number of nitrogens with zero attached hydrogens (tertiary/aromatic N) is 1. The van der Waals surface area contributed by atoms with E-state index in [9.17, 15) is 9.59 Å². The first-order chi connectivity index (χ1) is 15.0. The second-order valence-electron chi connectivity index (χ2n) is 8.33. The molecule has 1 aliphatic rings. The molecular formula is C25H29N3O3. The molecule has 1 aromatic heterocycles. The largest absolute Gasteiger partial charge is 0.383 e. The van der Waals surface area contributed by atoms with Gasteiger partial charge in [0.05, 0.1) is 6.61 Å². The lowest BCUT2D eigenvalue weighted by atomic mass is 10.1. The summed E-state index contributed by atoms with van der Waals surface area (Å²) >= 11 is 0. The second-order valence-corrected chi connectivity index (χ2v) is 8.33. The summed E-state index contributed by atoms with van der Waals surface area (Å²) in [5.41, 5.74) is 5.87. The Morgan fingerprint density at radius 1 is 1.10 bits per heavy atom. The summed E-state index contributed by atoms with van der Waals surface area (Å²) in [5.74, 6) is 0.0838. The predicted octanol–water partition coefficient (Wildman–Crippen LogP) is 4.03. The summed E-state index contributed by atoms with van der Waals surface area (Å²) in [6.07, 6.45) is 1.93. The van der Waals surface area contributed by atoms with E-state index in [-0.39, 0.29) is 17.7 Å². The molecule has 0 aliphatic heterocycles. The summed E-state index contributed by atoms with van der Waals surface area (Å²) in [7, 11) is 1.61. The molecule has 2 N–H and O–H groups in total. The Labute approximate surface area is 182 Å². The molecule has 0 radical (unpaired) electrons. The molecule has 1 saturated carbocycles. The molecule has 6 heteroatoms. The standard InChI is InChI=1S/C25H29N3O3/c1-16-4-5-17(2)20(12-16)15-28-22-9-8-21(27-24(29)18-6-7-18)13-19(22)14-23(28)25(30)26-10-11-31-3/h4-5,8-9,12-14,18H,6-7,10-11,15H2,1-3H3,(H,26,30)(H,27,29). The van der Waals surface area contributed by atoms with Crippen molar-refractivity contribution in [3.63, 3.8) is 0 Å². The lowest BCUT2D eigenvalue weighted by Gasteiger charge is -2.14. The van der Waals surface area contributed by atoms with Crippen molar-refractivity contribution in [2.45, 2.75) is 33.2 Å². The predicted molar refractivity (Wildman–Crippen MR) is 123 cm³/mol. The molecule has 31 heavy (non-hydrogen) atoms. The number of hydrogen-bond acceptors (Lipinski definition) is 3. The number of benzene rings is 2. The lowest BCUT2D eigenvalue weighted by Crippen LogP contribution is -2.29. The average Bonchev–Trinajstić information content (AvgIpc) is 3.54. The second kappa shape index (κ2) is 8.94. The van der Waals surface area contributed by atoms with Crippen LogP contribution in [0, 0.1) is 19.8 Å². The van der Waals surface area contributed by atoms with E-state index in [4.69, 9.17) is 4.74 Å². The Kier molecular flexibility index (Phi) is 6.09. The highest BCUT2D eigenvalue weighted by Crippen LogP contribution is 2.31. The van der Waals surface area contributed by atoms with Crippen LogP contribution in [-0.2, 0) is 16.1 Å². The molecule has 1 heterocycles. The van der Waals surface area contributed by atoms with Crippen LogP contribution in [0.5, 0.6) is 0 Å². The van der Waals surface area contributed by atoms with Crippen LogP contribution in [0.2, 0.25) is 0 Å². The van der Waals surface area contributed by atoms with Crippen LogP contribution < -0.4 is 10.6 Å². The maximum atomic E-state index is 13.0. The minimum atomic E-state index is -0.137. The normalized spacial score (nSPS) is 13.4. The fourth-order valence-electron chi connectivity index (χ4n) is 3.80. The van der Waals surface area contributed by atoms with E-state index in [2.05, 4.69) is 42.7 Å². The maximum Gasteiger partial charge on any atom is 0.268 e. The number of nitrogens with one attached hydrogen (secondary N) is 2. The topological polar surface area (TPSA) is 72.4 Å². The molecule has 3 aromatic rings. The van der Waals surface area contributed by atoms with Gasteiger partial charge in [-0.3, -0.25) is 9.59 Å². The molecule has 6 nitrogen and oxygen atoms in total. The minimum Gasteiger partial charge on any atom is -0.383 e. The maximum absolute atomic E-state index is 13.0. The molecule has 0 saturated heterocycles. The van der Waals surface area contributed by atoms with Crippen molar-refractivity contribution in [3.05, 3.63) is 64.8 Å². The van der Waals surface area contributed by atoms with Crippen LogP contribution in [-0.4, -0.2) is 36.6 Å². The molecule has 0 spiro atoms. The third kappa shape index (κ3) is 4.80. The van der Waals surface area contributed by atoms with Gasteiger partial charge in [0.25, 0.3) is 5.91 Å². The summed E-state index contributed by atoms with van der Waals surface area (Å²) in [5, 5.41) is 6.85. The Hall–Kier alpha value is -3.12. The Bertz CT molecular complexity index is 1130. The minimum absolute atomic E-state index is 0.0756. The highest BCUT2D eigenvalue weighted by atomic mass is 16.5. The molecule has 0 atom stereocenters. The molecule has 0 bridgehead atoms. The van der Waals surface area contributed by atoms with Crippen molar-refractivity contribution < 1.29 is 14.3 Å². The molecule has 0 unspecified atom stereocenters. The lowest BCUT2D eigenvalue weighted by molar-refractivity contribution is -0.117. The third-order valence-corrected chi connectivity index (χ3v) is 5.77. The van der Waals surface area contributed by atoms with E-state index < -0.39 is 0 Å². The first kappa shape index (κ1) is 21.1. The summed E-state index contributed by atoms with van der Waals surface area (Å²) in [4.78, 5) is 25.1.